The summed E-state index contributed by atoms with van der Waals surface area (Å²) in [5.41, 5.74) is 0.212. The number of nitrogens with zero attached hydrogens (tertiary/aromatic N) is 2. The van der Waals surface area contributed by atoms with Crippen molar-refractivity contribution in [2.75, 3.05) is 38.2 Å². The number of alkyl halides is 3. The Kier molecular flexibility index (Phi) is 4.62. The van der Waals surface area contributed by atoms with E-state index in [4.69, 9.17) is 4.74 Å². The van der Waals surface area contributed by atoms with Crippen molar-refractivity contribution >= 4 is 5.69 Å². The first-order valence-electron chi connectivity index (χ1n) is 7.68. The Morgan fingerprint density at radius 3 is 2.38 bits per heavy atom. The molecule has 0 saturated carbocycles. The van der Waals surface area contributed by atoms with Crippen LogP contribution in [-0.4, -0.2) is 38.3 Å². The maximum Gasteiger partial charge on any atom is 0.434 e. The minimum Gasteiger partial charge on any atom is -0.480 e. The fraction of sp³-hybridized carbons (Fsp3) is 0.353. The van der Waals surface area contributed by atoms with Gasteiger partial charge in [0.15, 0.2) is 5.69 Å². The molecule has 2 heterocycles. The molecule has 1 aromatic heterocycles. The fourth-order valence-electron chi connectivity index (χ4n) is 2.82. The van der Waals surface area contributed by atoms with Gasteiger partial charge in [-0.2, -0.15) is 13.2 Å². The quantitative estimate of drug-likeness (QED) is 0.933. The number of hydrogen-bond acceptors (Lipinski definition) is 4. The second kappa shape index (κ2) is 6.68. The molecule has 7 heteroatoms. The highest BCUT2D eigenvalue weighted by molar-refractivity contribution is 5.73. The third-order valence-electron chi connectivity index (χ3n) is 3.97. The van der Waals surface area contributed by atoms with Crippen molar-refractivity contribution < 1.29 is 17.9 Å². The van der Waals surface area contributed by atoms with E-state index in [2.05, 4.69) is 10.3 Å². The summed E-state index contributed by atoms with van der Waals surface area (Å²) >= 11 is 0. The summed E-state index contributed by atoms with van der Waals surface area (Å²) in [6.07, 6.45) is -4.56. The maximum absolute atomic E-state index is 13.5. The molecule has 1 aromatic carbocycles. The zero-order valence-corrected chi connectivity index (χ0v) is 13.2. The summed E-state index contributed by atoms with van der Waals surface area (Å²) in [6.45, 7) is 2.92. The van der Waals surface area contributed by atoms with Crippen molar-refractivity contribution in [3.05, 3.63) is 42.1 Å². The lowest BCUT2D eigenvalue weighted by molar-refractivity contribution is -0.140. The minimum absolute atomic E-state index is 0.00362. The first-order valence-corrected chi connectivity index (χ1v) is 7.68. The molecule has 0 bridgehead atoms. The second-order valence-electron chi connectivity index (χ2n) is 5.51. The molecule has 0 atom stereocenters. The molecular weight excluding hydrogens is 319 g/mol. The Morgan fingerprint density at radius 2 is 1.79 bits per heavy atom. The molecule has 1 fully saturated rings. The summed E-state index contributed by atoms with van der Waals surface area (Å²) in [4.78, 5) is 5.80. The van der Waals surface area contributed by atoms with E-state index in [-0.39, 0.29) is 11.4 Å². The average molecular weight is 337 g/mol. The van der Waals surface area contributed by atoms with E-state index in [1.54, 1.807) is 30.3 Å². The highest BCUT2D eigenvalue weighted by Gasteiger charge is 2.37. The topological polar surface area (TPSA) is 37.4 Å². The van der Waals surface area contributed by atoms with Crippen LogP contribution in [0.15, 0.2) is 36.4 Å². The van der Waals surface area contributed by atoms with Crippen LogP contribution in [0.2, 0.25) is 0 Å². The predicted octanol–water partition coefficient (Wildman–Crippen LogP) is 3.19. The summed E-state index contributed by atoms with van der Waals surface area (Å²) in [6, 6.07) is 10.0. The minimum atomic E-state index is -4.56. The van der Waals surface area contributed by atoms with Crippen molar-refractivity contribution in [2.45, 2.75) is 6.18 Å². The van der Waals surface area contributed by atoms with Crippen LogP contribution >= 0.6 is 0 Å². The zero-order valence-electron chi connectivity index (χ0n) is 13.2. The molecule has 4 nitrogen and oxygen atoms in total. The van der Waals surface area contributed by atoms with Gasteiger partial charge in [-0.15, -0.1) is 0 Å². The Hall–Kier alpha value is -2.28. The number of rotatable bonds is 3. The number of nitrogens with one attached hydrogen (secondary N) is 1. The second-order valence-corrected chi connectivity index (χ2v) is 5.51. The molecular formula is C17H18F3N3O. The van der Waals surface area contributed by atoms with Crippen LogP contribution in [0.25, 0.3) is 11.1 Å². The van der Waals surface area contributed by atoms with E-state index in [9.17, 15) is 13.2 Å². The van der Waals surface area contributed by atoms with Crippen LogP contribution in [0.5, 0.6) is 5.88 Å². The van der Waals surface area contributed by atoms with Gasteiger partial charge in [-0.25, -0.2) is 4.98 Å². The molecule has 1 aliphatic heterocycles. The molecule has 24 heavy (non-hydrogen) atoms. The third-order valence-corrected chi connectivity index (χ3v) is 3.97. The normalized spacial score (nSPS) is 15.4. The lowest BCUT2D eigenvalue weighted by atomic mass is 10.0. The monoisotopic (exact) mass is 337 g/mol. The summed E-state index contributed by atoms with van der Waals surface area (Å²) in [7, 11) is 1.34. The van der Waals surface area contributed by atoms with Gasteiger partial charge in [0.05, 0.1) is 7.11 Å². The standard InChI is InChI=1S/C17H18F3N3O/c1-24-16-14(23-9-7-21-8-10-23)11-13(12-5-3-2-4-6-12)15(22-16)17(18,19)20/h2-6,11,21H,7-10H2,1H3. The number of piperazine rings is 1. The zero-order chi connectivity index (χ0) is 17.2. The van der Waals surface area contributed by atoms with Crippen LogP contribution in [0, 0.1) is 0 Å². The number of anilines is 1. The molecule has 1 saturated heterocycles. The largest absolute Gasteiger partial charge is 0.480 e. The first kappa shape index (κ1) is 16.6. The lowest BCUT2D eigenvalue weighted by Gasteiger charge is -2.31. The summed E-state index contributed by atoms with van der Waals surface area (Å²) in [5.74, 6) is 0.00362. The maximum atomic E-state index is 13.5. The average Bonchev–Trinajstić information content (AvgIpc) is 2.61. The van der Waals surface area contributed by atoms with Crippen molar-refractivity contribution in [2.24, 2.45) is 0 Å². The first-order chi connectivity index (χ1) is 11.5. The van der Waals surface area contributed by atoms with E-state index in [0.717, 1.165) is 13.1 Å². The van der Waals surface area contributed by atoms with Gasteiger partial charge in [0, 0.05) is 31.7 Å². The fourth-order valence-corrected chi connectivity index (χ4v) is 2.82. The van der Waals surface area contributed by atoms with Gasteiger partial charge < -0.3 is 15.0 Å². The van der Waals surface area contributed by atoms with Gasteiger partial charge in [-0.05, 0) is 11.6 Å². The van der Waals surface area contributed by atoms with Crippen molar-refractivity contribution in [1.82, 2.24) is 10.3 Å². The van der Waals surface area contributed by atoms with Gasteiger partial charge in [-0.3, -0.25) is 0 Å². The van der Waals surface area contributed by atoms with Gasteiger partial charge in [0.2, 0.25) is 5.88 Å². The molecule has 0 aliphatic carbocycles. The number of benzene rings is 1. The molecule has 0 amide bonds. The van der Waals surface area contributed by atoms with Gasteiger partial charge in [0.1, 0.15) is 5.69 Å². The Balaban J connectivity index is 2.17. The number of methoxy groups -OCH3 is 1. The Labute approximate surface area is 138 Å². The smallest absolute Gasteiger partial charge is 0.434 e. The van der Waals surface area contributed by atoms with E-state index in [1.807, 2.05) is 4.90 Å². The van der Waals surface area contributed by atoms with Crippen molar-refractivity contribution in [1.29, 1.82) is 0 Å². The van der Waals surface area contributed by atoms with E-state index < -0.39 is 11.9 Å². The van der Waals surface area contributed by atoms with Crippen molar-refractivity contribution in [3.8, 4) is 17.0 Å². The van der Waals surface area contributed by atoms with Crippen LogP contribution in [-0.2, 0) is 6.18 Å². The molecule has 0 spiro atoms. The van der Waals surface area contributed by atoms with Crippen LogP contribution < -0.4 is 15.0 Å². The number of ether oxygens (including phenoxy) is 1. The number of aromatic nitrogens is 1. The van der Waals surface area contributed by atoms with E-state index in [0.29, 0.717) is 24.3 Å². The predicted molar refractivity (Wildman–Crippen MR) is 86.3 cm³/mol. The number of hydrogen-bond donors (Lipinski definition) is 1. The third kappa shape index (κ3) is 3.31. The van der Waals surface area contributed by atoms with Gasteiger partial charge in [0.25, 0.3) is 0 Å². The van der Waals surface area contributed by atoms with Crippen LogP contribution in [0.1, 0.15) is 5.69 Å². The molecule has 1 aliphatic rings. The van der Waals surface area contributed by atoms with Crippen LogP contribution in [0.4, 0.5) is 18.9 Å². The molecule has 0 unspecified atom stereocenters. The van der Waals surface area contributed by atoms with E-state index >= 15 is 0 Å². The van der Waals surface area contributed by atoms with Gasteiger partial charge >= 0.3 is 6.18 Å². The Morgan fingerprint density at radius 1 is 1.12 bits per heavy atom. The van der Waals surface area contributed by atoms with Crippen LogP contribution in [0.3, 0.4) is 0 Å². The Bertz CT molecular complexity index is 698. The molecule has 0 radical (unpaired) electrons. The summed E-state index contributed by atoms with van der Waals surface area (Å²) in [5, 5.41) is 3.22. The van der Waals surface area contributed by atoms with Gasteiger partial charge in [-0.1, -0.05) is 30.3 Å². The highest BCUT2D eigenvalue weighted by Crippen LogP contribution is 2.41. The number of pyridine rings is 1. The van der Waals surface area contributed by atoms with Crippen molar-refractivity contribution in [3.63, 3.8) is 0 Å². The highest BCUT2D eigenvalue weighted by atomic mass is 19.4. The lowest BCUT2D eigenvalue weighted by Crippen LogP contribution is -2.43. The van der Waals surface area contributed by atoms with E-state index in [1.165, 1.54) is 13.2 Å². The molecule has 128 valence electrons. The SMILES string of the molecule is COc1nc(C(F)(F)F)c(-c2ccccc2)cc1N1CCNCC1. The molecule has 2 aromatic rings. The molecule has 1 N–H and O–H groups in total. The molecule has 3 rings (SSSR count). The number of halogens is 3. The summed E-state index contributed by atoms with van der Waals surface area (Å²) < 4.78 is 45.6.